The third kappa shape index (κ3) is 4.58. The van der Waals surface area contributed by atoms with E-state index in [-0.39, 0.29) is 5.91 Å². The first-order chi connectivity index (χ1) is 8.13. The van der Waals surface area contributed by atoms with E-state index in [0.717, 1.165) is 6.42 Å². The second-order valence-electron chi connectivity index (χ2n) is 3.70. The number of carbonyl (C=O) groups is 1. The minimum Gasteiger partial charge on any atom is -0.396 e. The number of aromatic nitrogens is 1. The van der Waals surface area contributed by atoms with Crippen molar-refractivity contribution in [3.63, 3.8) is 0 Å². The predicted octanol–water partition coefficient (Wildman–Crippen LogP) is 0.574. The van der Waals surface area contributed by atoms with Crippen molar-refractivity contribution >= 4 is 23.2 Å². The Morgan fingerprint density at radius 3 is 2.76 bits per heavy atom. The van der Waals surface area contributed by atoms with Crippen LogP contribution in [0.3, 0.4) is 0 Å². The fraction of sp³-hybridized carbons (Fsp3) is 0.455. The first-order valence-electron chi connectivity index (χ1n) is 5.66. The van der Waals surface area contributed by atoms with Gasteiger partial charge in [-0.05, 0) is 18.6 Å². The van der Waals surface area contributed by atoms with Crippen molar-refractivity contribution in [3.05, 3.63) is 12.1 Å². The number of rotatable bonds is 6. The quantitative estimate of drug-likeness (QED) is 0.579. The summed E-state index contributed by atoms with van der Waals surface area (Å²) in [6, 6.07) is 3.41. The predicted molar refractivity (Wildman–Crippen MR) is 69.5 cm³/mol. The topological polar surface area (TPSA) is 106 Å². The number of carbonyl (C=O) groups excluding carboxylic acids is 1. The van der Waals surface area contributed by atoms with Crippen LogP contribution in [0.25, 0.3) is 0 Å². The average Bonchev–Trinajstić information content (AvgIpc) is 2.31. The Balaban J connectivity index is 2.30. The fourth-order valence-electron chi connectivity index (χ4n) is 1.24. The van der Waals surface area contributed by atoms with Gasteiger partial charge in [0.25, 0.3) is 0 Å². The molecule has 0 aliphatic heterocycles. The molecule has 1 aromatic heterocycles. The molecule has 1 amide bonds. The van der Waals surface area contributed by atoms with Gasteiger partial charge in [-0.15, -0.1) is 0 Å². The monoisotopic (exact) mass is 237 g/mol. The van der Waals surface area contributed by atoms with Gasteiger partial charge in [0, 0.05) is 19.5 Å². The van der Waals surface area contributed by atoms with E-state index in [4.69, 9.17) is 11.5 Å². The van der Waals surface area contributed by atoms with E-state index in [1.807, 2.05) is 6.92 Å². The third-order valence-corrected chi connectivity index (χ3v) is 2.19. The Kier molecular flexibility index (Phi) is 5.06. The van der Waals surface area contributed by atoms with Crippen molar-refractivity contribution in [2.75, 3.05) is 29.9 Å². The highest BCUT2D eigenvalue weighted by molar-refractivity contribution is 5.76. The number of nitrogen functional groups attached to an aromatic ring is 2. The van der Waals surface area contributed by atoms with Gasteiger partial charge in [-0.25, -0.2) is 4.98 Å². The molecule has 0 bridgehead atoms. The molecular weight excluding hydrogens is 218 g/mol. The molecule has 0 unspecified atom stereocenters. The van der Waals surface area contributed by atoms with Crippen LogP contribution in [0, 0.1) is 0 Å². The largest absolute Gasteiger partial charge is 0.396 e. The lowest BCUT2D eigenvalue weighted by molar-refractivity contribution is -0.120. The van der Waals surface area contributed by atoms with Gasteiger partial charge in [0.1, 0.15) is 11.6 Å². The molecule has 6 N–H and O–H groups in total. The first kappa shape index (κ1) is 13.1. The van der Waals surface area contributed by atoms with E-state index in [0.29, 0.717) is 36.8 Å². The summed E-state index contributed by atoms with van der Waals surface area (Å²) in [4.78, 5) is 15.3. The van der Waals surface area contributed by atoms with Crippen LogP contribution in [0.1, 0.15) is 19.8 Å². The maximum Gasteiger partial charge on any atom is 0.221 e. The molecule has 0 aliphatic rings. The summed E-state index contributed by atoms with van der Waals surface area (Å²) in [5, 5.41) is 5.81. The summed E-state index contributed by atoms with van der Waals surface area (Å²) >= 11 is 0. The summed E-state index contributed by atoms with van der Waals surface area (Å²) in [5.74, 6) is 0.952. The standard InChI is InChI=1S/C11H19N5O/c1-2-6-15-10(17)5-7-14-9-4-3-8(12)11(13)16-9/h3-4H,2,5-7,12H2,1H3,(H,15,17)(H3,13,14,16). The molecule has 1 aromatic rings. The number of nitrogens with one attached hydrogen (secondary N) is 2. The minimum absolute atomic E-state index is 0.0303. The maximum atomic E-state index is 11.3. The first-order valence-corrected chi connectivity index (χ1v) is 5.66. The van der Waals surface area contributed by atoms with E-state index < -0.39 is 0 Å². The minimum atomic E-state index is 0.0303. The number of hydrogen-bond donors (Lipinski definition) is 4. The molecule has 6 nitrogen and oxygen atoms in total. The van der Waals surface area contributed by atoms with Gasteiger partial charge in [-0.1, -0.05) is 6.92 Å². The zero-order chi connectivity index (χ0) is 12.7. The number of nitrogens with zero attached hydrogens (tertiary/aromatic N) is 1. The highest BCUT2D eigenvalue weighted by atomic mass is 16.1. The summed E-state index contributed by atoms with van der Waals surface area (Å²) in [6.07, 6.45) is 1.35. The normalized spacial score (nSPS) is 9.94. The molecule has 1 heterocycles. The van der Waals surface area contributed by atoms with Gasteiger partial charge in [0.05, 0.1) is 5.69 Å². The molecule has 1 rings (SSSR count). The molecular formula is C11H19N5O. The van der Waals surface area contributed by atoms with Crippen molar-refractivity contribution in [1.82, 2.24) is 10.3 Å². The fourth-order valence-corrected chi connectivity index (χ4v) is 1.24. The van der Waals surface area contributed by atoms with Crippen LogP contribution < -0.4 is 22.1 Å². The lowest BCUT2D eigenvalue weighted by Crippen LogP contribution is -2.26. The van der Waals surface area contributed by atoms with Crippen LogP contribution in [-0.4, -0.2) is 24.0 Å². The van der Waals surface area contributed by atoms with E-state index in [2.05, 4.69) is 15.6 Å². The van der Waals surface area contributed by atoms with Crippen molar-refractivity contribution in [2.24, 2.45) is 0 Å². The van der Waals surface area contributed by atoms with Gasteiger partial charge in [0.2, 0.25) is 5.91 Å². The molecule has 0 aromatic carbocycles. The van der Waals surface area contributed by atoms with Crippen LogP contribution in [0.2, 0.25) is 0 Å². The van der Waals surface area contributed by atoms with Crippen LogP contribution in [0.5, 0.6) is 0 Å². The molecule has 17 heavy (non-hydrogen) atoms. The summed E-state index contributed by atoms with van der Waals surface area (Å²) in [6.45, 7) is 3.25. The van der Waals surface area contributed by atoms with Crippen LogP contribution >= 0.6 is 0 Å². The van der Waals surface area contributed by atoms with Gasteiger partial charge in [0.15, 0.2) is 0 Å². The molecule has 0 saturated carbocycles. The number of nitrogens with two attached hydrogens (primary N) is 2. The maximum absolute atomic E-state index is 11.3. The number of pyridine rings is 1. The van der Waals surface area contributed by atoms with Crippen LogP contribution in [0.15, 0.2) is 12.1 Å². The summed E-state index contributed by atoms with van der Waals surface area (Å²) in [5.41, 5.74) is 11.6. The second kappa shape index (κ2) is 6.57. The van der Waals surface area contributed by atoms with Gasteiger partial charge in [-0.2, -0.15) is 0 Å². The van der Waals surface area contributed by atoms with Crippen molar-refractivity contribution < 1.29 is 4.79 Å². The van der Waals surface area contributed by atoms with Gasteiger partial charge in [-0.3, -0.25) is 4.79 Å². The van der Waals surface area contributed by atoms with E-state index in [1.165, 1.54) is 0 Å². The van der Waals surface area contributed by atoms with E-state index in [1.54, 1.807) is 12.1 Å². The molecule has 0 aliphatic carbocycles. The number of amides is 1. The number of hydrogen-bond acceptors (Lipinski definition) is 5. The zero-order valence-corrected chi connectivity index (χ0v) is 9.99. The Morgan fingerprint density at radius 1 is 1.35 bits per heavy atom. The summed E-state index contributed by atoms with van der Waals surface area (Å²) < 4.78 is 0. The van der Waals surface area contributed by atoms with E-state index in [9.17, 15) is 4.79 Å². The SMILES string of the molecule is CCCNC(=O)CCNc1ccc(N)c(N)n1. The molecule has 0 fully saturated rings. The average molecular weight is 237 g/mol. The van der Waals surface area contributed by atoms with Crippen LogP contribution in [0.4, 0.5) is 17.3 Å². The molecule has 94 valence electrons. The van der Waals surface area contributed by atoms with Gasteiger partial charge >= 0.3 is 0 Å². The molecule has 0 spiro atoms. The smallest absolute Gasteiger partial charge is 0.221 e. The zero-order valence-electron chi connectivity index (χ0n) is 9.99. The molecule has 0 atom stereocenters. The van der Waals surface area contributed by atoms with Gasteiger partial charge < -0.3 is 22.1 Å². The molecule has 0 saturated heterocycles. The van der Waals surface area contributed by atoms with Crippen molar-refractivity contribution in [1.29, 1.82) is 0 Å². The lowest BCUT2D eigenvalue weighted by atomic mass is 10.3. The Bertz CT molecular complexity index is 380. The highest BCUT2D eigenvalue weighted by Crippen LogP contribution is 2.14. The Hall–Kier alpha value is -1.98. The molecule has 6 heteroatoms. The Labute approximate surface area is 101 Å². The summed E-state index contributed by atoms with van der Waals surface area (Å²) in [7, 11) is 0. The Morgan fingerprint density at radius 2 is 2.12 bits per heavy atom. The van der Waals surface area contributed by atoms with Crippen LogP contribution in [-0.2, 0) is 4.79 Å². The second-order valence-corrected chi connectivity index (χ2v) is 3.70. The van der Waals surface area contributed by atoms with Crippen molar-refractivity contribution in [3.8, 4) is 0 Å². The molecule has 0 radical (unpaired) electrons. The van der Waals surface area contributed by atoms with Crippen molar-refractivity contribution in [2.45, 2.75) is 19.8 Å². The number of anilines is 3. The lowest BCUT2D eigenvalue weighted by Gasteiger charge is -2.07. The van der Waals surface area contributed by atoms with E-state index >= 15 is 0 Å². The highest BCUT2D eigenvalue weighted by Gasteiger charge is 2.01. The third-order valence-electron chi connectivity index (χ3n) is 2.19.